The van der Waals surface area contributed by atoms with Gasteiger partial charge in [-0.2, -0.15) is 12.6 Å². The zero-order chi connectivity index (χ0) is 4.99. The predicted molar refractivity (Wildman–Crippen MR) is 33.9 cm³/mol. The molecule has 0 rings (SSSR count). The molecule has 1 atom stereocenters. The van der Waals surface area contributed by atoms with Gasteiger partial charge in [0.05, 0.1) is 0 Å². The van der Waals surface area contributed by atoms with Crippen molar-refractivity contribution in [2.24, 2.45) is 0 Å². The summed E-state index contributed by atoms with van der Waals surface area (Å²) in [6, 6.07) is 0. The molecular weight excluding hydrogens is 139 g/mol. The van der Waals surface area contributed by atoms with Crippen molar-refractivity contribution in [1.29, 1.82) is 0 Å². The molecule has 0 aromatic heterocycles. The molecule has 4 heteroatoms. The minimum absolute atomic E-state index is 0. The van der Waals surface area contributed by atoms with Crippen LogP contribution in [0, 0.1) is 0 Å². The third-order valence-electron chi connectivity index (χ3n) is 0.379. The fourth-order valence-corrected chi connectivity index (χ4v) is 1.16. The summed E-state index contributed by atoms with van der Waals surface area (Å²) < 4.78 is 10.1. The molecule has 0 radical (unpaired) electrons. The maximum absolute atomic E-state index is 10.1. The van der Waals surface area contributed by atoms with E-state index < -0.39 is 10.8 Å². The van der Waals surface area contributed by atoms with Crippen molar-refractivity contribution in [2.75, 3.05) is 17.8 Å². The van der Waals surface area contributed by atoms with Crippen molar-refractivity contribution >= 4 is 23.4 Å². The number of hydrogen-bond acceptors (Lipinski definition) is 2. The number of hydrogen-bond donors (Lipinski definition) is 1. The molecule has 0 aliphatic carbocycles. The third kappa shape index (κ3) is 11.2. The molecule has 0 aromatic rings. The van der Waals surface area contributed by atoms with E-state index in [1.54, 1.807) is 6.26 Å². The smallest absolute Gasteiger partial charge is 1.00 e. The zero-order valence-electron chi connectivity index (χ0n) is 5.68. The minimum Gasteiger partial charge on any atom is -1.00 e. The summed E-state index contributed by atoms with van der Waals surface area (Å²) >= 11 is 3.87. The van der Waals surface area contributed by atoms with Crippen molar-refractivity contribution in [3.05, 3.63) is 0 Å². The Morgan fingerprint density at radius 2 is 2.29 bits per heavy atom. The molecule has 0 saturated heterocycles. The average Bonchev–Trinajstić information content (AvgIpc) is 1.35. The summed E-state index contributed by atoms with van der Waals surface area (Å²) in [5.41, 5.74) is 0. The van der Waals surface area contributed by atoms with Crippen molar-refractivity contribution in [3.8, 4) is 0 Å². The van der Waals surface area contributed by atoms with Gasteiger partial charge in [-0.05, 0) is 0 Å². The quantitative estimate of drug-likeness (QED) is 0.336. The minimum atomic E-state index is -0.642. The van der Waals surface area contributed by atoms with Gasteiger partial charge in [-0.15, -0.1) is 0 Å². The molecule has 0 fully saturated rings. The van der Waals surface area contributed by atoms with Gasteiger partial charge >= 0.3 is 29.6 Å². The summed E-state index contributed by atoms with van der Waals surface area (Å²) in [6.07, 6.45) is 1.68. The first-order chi connectivity index (χ1) is 2.77. The van der Waals surface area contributed by atoms with E-state index in [0.717, 1.165) is 5.75 Å². The van der Waals surface area contributed by atoms with Crippen LogP contribution in [0.5, 0.6) is 0 Å². The van der Waals surface area contributed by atoms with Crippen LogP contribution >= 0.6 is 12.6 Å². The van der Waals surface area contributed by atoms with Crippen LogP contribution in [-0.4, -0.2) is 22.0 Å². The Bertz CT molecular complexity index is 61.2. The van der Waals surface area contributed by atoms with E-state index in [-0.39, 0.29) is 31.0 Å². The third-order valence-corrected chi connectivity index (χ3v) is 1.68. The molecule has 1 unspecified atom stereocenters. The van der Waals surface area contributed by atoms with Gasteiger partial charge in [0.15, 0.2) is 0 Å². The van der Waals surface area contributed by atoms with Gasteiger partial charge in [0.2, 0.25) is 0 Å². The summed E-state index contributed by atoms with van der Waals surface area (Å²) in [4.78, 5) is 0. The van der Waals surface area contributed by atoms with Crippen LogP contribution in [0.1, 0.15) is 1.43 Å². The van der Waals surface area contributed by atoms with Crippen molar-refractivity contribution in [3.63, 3.8) is 0 Å². The SMILES string of the molecule is CS(=O)CCS.[H-].[Na+]. The Balaban J connectivity index is -0.000000125. The van der Waals surface area contributed by atoms with Crippen LogP contribution in [0.4, 0.5) is 0 Å². The van der Waals surface area contributed by atoms with E-state index in [1.807, 2.05) is 0 Å². The normalized spacial score (nSPS) is 12.3. The van der Waals surface area contributed by atoms with E-state index in [0.29, 0.717) is 5.75 Å². The Labute approximate surface area is 75.9 Å². The Morgan fingerprint density at radius 1 is 1.86 bits per heavy atom. The van der Waals surface area contributed by atoms with Crippen molar-refractivity contribution in [2.45, 2.75) is 0 Å². The van der Waals surface area contributed by atoms with Crippen LogP contribution in [0.25, 0.3) is 0 Å². The van der Waals surface area contributed by atoms with E-state index >= 15 is 0 Å². The first-order valence-electron chi connectivity index (χ1n) is 1.68. The molecule has 40 valence electrons. The predicted octanol–water partition coefficient (Wildman–Crippen LogP) is -2.59. The van der Waals surface area contributed by atoms with Crippen molar-refractivity contribution < 1.29 is 35.2 Å². The molecule has 0 N–H and O–H groups in total. The molecule has 0 bridgehead atoms. The summed E-state index contributed by atoms with van der Waals surface area (Å²) in [5, 5.41) is 0. The topological polar surface area (TPSA) is 17.1 Å². The van der Waals surface area contributed by atoms with Crippen LogP contribution in [0.15, 0.2) is 0 Å². The largest absolute Gasteiger partial charge is 1.00 e. The zero-order valence-corrected chi connectivity index (χ0v) is 8.39. The van der Waals surface area contributed by atoms with Gasteiger partial charge in [0.1, 0.15) is 0 Å². The molecule has 0 aliphatic heterocycles. The Kier molecular flexibility index (Phi) is 12.1. The second-order valence-electron chi connectivity index (χ2n) is 1.00. The molecule has 0 aliphatic rings. The van der Waals surface area contributed by atoms with Gasteiger partial charge in [0.25, 0.3) is 0 Å². The van der Waals surface area contributed by atoms with Crippen LogP contribution < -0.4 is 29.6 Å². The maximum atomic E-state index is 10.1. The fraction of sp³-hybridized carbons (Fsp3) is 1.00. The average molecular weight is 148 g/mol. The molecule has 1 nitrogen and oxygen atoms in total. The van der Waals surface area contributed by atoms with E-state index in [9.17, 15) is 4.21 Å². The van der Waals surface area contributed by atoms with Gasteiger partial charge < -0.3 is 1.43 Å². The van der Waals surface area contributed by atoms with Gasteiger partial charge in [-0.25, -0.2) is 0 Å². The Morgan fingerprint density at radius 3 is 2.29 bits per heavy atom. The second kappa shape index (κ2) is 7.50. The molecule has 0 spiro atoms. The first-order valence-corrected chi connectivity index (χ1v) is 4.04. The molecule has 0 heterocycles. The first kappa shape index (κ1) is 11.3. The number of rotatable bonds is 2. The second-order valence-corrected chi connectivity index (χ2v) is 3.00. The van der Waals surface area contributed by atoms with Crippen LogP contribution in [-0.2, 0) is 10.8 Å². The van der Waals surface area contributed by atoms with Crippen LogP contribution in [0.3, 0.4) is 0 Å². The molecular formula is C3H9NaOS2. The summed E-state index contributed by atoms with van der Waals surface area (Å²) in [6.45, 7) is 0. The molecule has 0 amide bonds. The van der Waals surface area contributed by atoms with E-state index in [2.05, 4.69) is 12.6 Å². The van der Waals surface area contributed by atoms with Gasteiger partial charge in [0, 0.05) is 28.6 Å². The van der Waals surface area contributed by atoms with Gasteiger partial charge in [-0.3, -0.25) is 4.21 Å². The van der Waals surface area contributed by atoms with Crippen LogP contribution in [0.2, 0.25) is 0 Å². The fourth-order valence-electron chi connectivity index (χ4n) is 0.129. The van der Waals surface area contributed by atoms with E-state index in [4.69, 9.17) is 0 Å². The standard InChI is InChI=1S/C3H8OS2.Na.H/c1-6(4)3-2-5;;/h5H,2-3H2,1H3;;/q;+1;-1. The number of thiol groups is 1. The molecule has 0 saturated carbocycles. The van der Waals surface area contributed by atoms with Gasteiger partial charge in [-0.1, -0.05) is 0 Å². The Hall–Kier alpha value is 1.50. The summed E-state index contributed by atoms with van der Waals surface area (Å²) in [7, 11) is -0.642. The molecule has 7 heavy (non-hydrogen) atoms. The summed E-state index contributed by atoms with van der Waals surface area (Å²) in [5.74, 6) is 1.44. The van der Waals surface area contributed by atoms with E-state index in [1.165, 1.54) is 0 Å². The maximum Gasteiger partial charge on any atom is 1.00 e. The van der Waals surface area contributed by atoms with Crippen molar-refractivity contribution in [1.82, 2.24) is 0 Å². The monoisotopic (exact) mass is 148 g/mol. The molecule has 0 aromatic carbocycles.